The van der Waals surface area contributed by atoms with Crippen LogP contribution in [0.4, 0.5) is 0 Å². The van der Waals surface area contributed by atoms with E-state index in [4.69, 9.17) is 14.2 Å². The first-order valence-electron chi connectivity index (χ1n) is 36.4. The SMILES string of the molecule is CC/C=C\C/C=C\C/C=C\C/C=C\CCCCCCCCC(=O)OC(COC(=O)CCCCCCC/C=C\CCCCCCCC)COC(=O)CCCCCCCCCCCCCCCCCCCCC/C=C\CCCCCCCCCC. The highest BCUT2D eigenvalue weighted by Gasteiger charge is 2.19. The van der Waals surface area contributed by atoms with Crippen molar-refractivity contribution in [3.8, 4) is 0 Å². The average molecular weight is 1160 g/mol. The lowest BCUT2D eigenvalue weighted by molar-refractivity contribution is -0.167. The smallest absolute Gasteiger partial charge is 0.306 e. The van der Waals surface area contributed by atoms with Gasteiger partial charge in [0.15, 0.2) is 6.10 Å². The topological polar surface area (TPSA) is 78.9 Å². The van der Waals surface area contributed by atoms with Crippen molar-refractivity contribution >= 4 is 17.9 Å². The minimum absolute atomic E-state index is 0.0808. The van der Waals surface area contributed by atoms with Gasteiger partial charge in [0.25, 0.3) is 0 Å². The molecule has 0 aromatic heterocycles. The van der Waals surface area contributed by atoms with Crippen LogP contribution < -0.4 is 0 Å². The maximum absolute atomic E-state index is 12.9. The van der Waals surface area contributed by atoms with Crippen LogP contribution >= 0.6 is 0 Å². The first-order valence-corrected chi connectivity index (χ1v) is 36.4. The van der Waals surface area contributed by atoms with Gasteiger partial charge in [0.1, 0.15) is 13.2 Å². The van der Waals surface area contributed by atoms with Gasteiger partial charge in [-0.1, -0.05) is 325 Å². The van der Waals surface area contributed by atoms with Gasteiger partial charge in [0.2, 0.25) is 0 Å². The predicted molar refractivity (Wildman–Crippen MR) is 362 cm³/mol. The van der Waals surface area contributed by atoms with Gasteiger partial charge in [-0.25, -0.2) is 0 Å². The number of carbonyl (C=O) groups is 3. The lowest BCUT2D eigenvalue weighted by Crippen LogP contribution is -2.30. The van der Waals surface area contributed by atoms with Crippen LogP contribution in [0, 0.1) is 0 Å². The molecule has 0 radical (unpaired) electrons. The standard InChI is InChI=1S/C77H138O6/c1-4-7-10-13-16-19-22-25-28-30-32-33-34-35-36-37-38-39-40-41-42-43-45-46-49-52-55-58-61-64-67-70-76(79)82-73-74(72-81-75(78)69-66-63-60-57-54-51-48-27-24-21-18-15-12-9-6-3)83-77(80)71-68-65-62-59-56-53-50-47-44-31-29-26-23-20-17-14-11-8-5-2/h8,11,17,20,26-27,29-30,32,44,47-48,74H,4-7,9-10,12-16,18-19,21-25,28,31,33-43,45-46,49-73H2,1-3H3/b11-8-,20-17-,29-26-,32-30-,47-44-,48-27-. The Labute approximate surface area is 516 Å². The van der Waals surface area contributed by atoms with Crippen molar-refractivity contribution < 1.29 is 28.6 Å². The molecule has 83 heavy (non-hydrogen) atoms. The first-order chi connectivity index (χ1) is 41.0. The van der Waals surface area contributed by atoms with Crippen LogP contribution in [-0.2, 0) is 28.6 Å². The molecule has 0 spiro atoms. The molecule has 0 fully saturated rings. The Balaban J connectivity index is 4.22. The molecule has 0 amide bonds. The molecule has 0 aliphatic carbocycles. The Kier molecular flexibility index (Phi) is 68.6. The maximum atomic E-state index is 12.9. The fourth-order valence-corrected chi connectivity index (χ4v) is 10.7. The van der Waals surface area contributed by atoms with Gasteiger partial charge in [0, 0.05) is 19.3 Å². The van der Waals surface area contributed by atoms with E-state index in [0.717, 1.165) is 103 Å². The number of hydrogen-bond donors (Lipinski definition) is 0. The Bertz CT molecular complexity index is 1520. The third kappa shape index (κ3) is 69.5. The summed E-state index contributed by atoms with van der Waals surface area (Å²) >= 11 is 0. The monoisotopic (exact) mass is 1160 g/mol. The molecule has 0 N–H and O–H groups in total. The molecule has 0 heterocycles. The zero-order valence-corrected chi connectivity index (χ0v) is 55.5. The molecule has 0 bridgehead atoms. The van der Waals surface area contributed by atoms with E-state index in [1.807, 2.05) is 0 Å². The van der Waals surface area contributed by atoms with E-state index in [0.29, 0.717) is 19.3 Å². The highest BCUT2D eigenvalue weighted by atomic mass is 16.6. The molecular weight excluding hydrogens is 1020 g/mol. The van der Waals surface area contributed by atoms with Crippen LogP contribution in [-0.4, -0.2) is 37.2 Å². The Morgan fingerprint density at radius 3 is 0.747 bits per heavy atom. The average Bonchev–Trinajstić information content (AvgIpc) is 3.49. The second-order valence-corrected chi connectivity index (χ2v) is 24.5. The van der Waals surface area contributed by atoms with Crippen molar-refractivity contribution in [3.63, 3.8) is 0 Å². The number of rotatable bonds is 67. The van der Waals surface area contributed by atoms with Crippen molar-refractivity contribution in [2.45, 2.75) is 386 Å². The van der Waals surface area contributed by atoms with Crippen LogP contribution in [0.15, 0.2) is 72.9 Å². The molecule has 482 valence electrons. The highest BCUT2D eigenvalue weighted by molar-refractivity contribution is 5.71. The minimum atomic E-state index is -0.787. The molecule has 0 rings (SSSR count). The summed E-state index contributed by atoms with van der Waals surface area (Å²) in [6, 6.07) is 0. The predicted octanol–water partition coefficient (Wildman–Crippen LogP) is 25.2. The summed E-state index contributed by atoms with van der Waals surface area (Å²) in [5.41, 5.74) is 0. The third-order valence-electron chi connectivity index (χ3n) is 16.2. The van der Waals surface area contributed by atoms with Gasteiger partial charge in [-0.3, -0.25) is 14.4 Å². The van der Waals surface area contributed by atoms with E-state index in [9.17, 15) is 14.4 Å². The van der Waals surface area contributed by atoms with Gasteiger partial charge in [-0.05, 0) is 109 Å². The molecule has 0 aromatic carbocycles. The van der Waals surface area contributed by atoms with E-state index in [2.05, 4.69) is 93.7 Å². The summed E-state index contributed by atoms with van der Waals surface area (Å²) in [6.07, 6.45) is 93.7. The second kappa shape index (κ2) is 71.3. The quantitative estimate of drug-likeness (QED) is 0.0261. The molecule has 1 atom stereocenters. The Hall–Kier alpha value is -3.15. The van der Waals surface area contributed by atoms with Gasteiger partial charge >= 0.3 is 17.9 Å². The molecule has 0 aromatic rings. The number of esters is 3. The zero-order valence-electron chi connectivity index (χ0n) is 55.5. The van der Waals surface area contributed by atoms with Gasteiger partial charge < -0.3 is 14.2 Å². The second-order valence-electron chi connectivity index (χ2n) is 24.5. The van der Waals surface area contributed by atoms with Crippen molar-refractivity contribution in [1.82, 2.24) is 0 Å². The number of unbranched alkanes of at least 4 members (excludes halogenated alkanes) is 44. The molecular formula is C77H138O6. The lowest BCUT2D eigenvalue weighted by Gasteiger charge is -2.18. The summed E-state index contributed by atoms with van der Waals surface area (Å²) in [7, 11) is 0. The van der Waals surface area contributed by atoms with Crippen molar-refractivity contribution in [3.05, 3.63) is 72.9 Å². The molecule has 6 nitrogen and oxygen atoms in total. The van der Waals surface area contributed by atoms with Crippen LogP contribution in [0.25, 0.3) is 0 Å². The van der Waals surface area contributed by atoms with E-state index in [-0.39, 0.29) is 31.1 Å². The molecule has 0 aliphatic rings. The molecule has 0 saturated carbocycles. The minimum Gasteiger partial charge on any atom is -0.462 e. The number of hydrogen-bond acceptors (Lipinski definition) is 6. The van der Waals surface area contributed by atoms with Crippen LogP contribution in [0.5, 0.6) is 0 Å². The van der Waals surface area contributed by atoms with E-state index in [1.54, 1.807) is 0 Å². The number of carbonyl (C=O) groups excluding carboxylic acids is 3. The largest absolute Gasteiger partial charge is 0.462 e. The normalized spacial score (nSPS) is 12.5. The lowest BCUT2D eigenvalue weighted by atomic mass is 10.0. The van der Waals surface area contributed by atoms with Gasteiger partial charge in [0.05, 0.1) is 0 Å². The number of ether oxygens (including phenoxy) is 3. The molecule has 1 unspecified atom stereocenters. The molecule has 6 heteroatoms. The summed E-state index contributed by atoms with van der Waals surface area (Å²) in [5, 5.41) is 0. The molecule has 0 saturated heterocycles. The van der Waals surface area contributed by atoms with Crippen LogP contribution in [0.1, 0.15) is 380 Å². The summed E-state index contributed by atoms with van der Waals surface area (Å²) in [4.78, 5) is 38.4. The molecule has 0 aliphatic heterocycles. The summed E-state index contributed by atoms with van der Waals surface area (Å²) in [6.45, 7) is 6.56. The van der Waals surface area contributed by atoms with E-state index >= 15 is 0 Å². The van der Waals surface area contributed by atoms with Crippen LogP contribution in [0.3, 0.4) is 0 Å². The van der Waals surface area contributed by atoms with E-state index in [1.165, 1.54) is 238 Å². The first kappa shape index (κ1) is 79.8. The zero-order chi connectivity index (χ0) is 59.9. The summed E-state index contributed by atoms with van der Waals surface area (Å²) < 4.78 is 17.0. The van der Waals surface area contributed by atoms with E-state index < -0.39 is 6.10 Å². The van der Waals surface area contributed by atoms with Crippen molar-refractivity contribution in [1.29, 1.82) is 0 Å². The fourth-order valence-electron chi connectivity index (χ4n) is 10.7. The van der Waals surface area contributed by atoms with Gasteiger partial charge in [-0.2, -0.15) is 0 Å². The van der Waals surface area contributed by atoms with Crippen LogP contribution in [0.2, 0.25) is 0 Å². The van der Waals surface area contributed by atoms with Crippen molar-refractivity contribution in [2.75, 3.05) is 13.2 Å². The fraction of sp³-hybridized carbons (Fsp3) is 0.805. The third-order valence-corrected chi connectivity index (χ3v) is 16.2. The Morgan fingerprint density at radius 2 is 0.470 bits per heavy atom. The van der Waals surface area contributed by atoms with Crippen molar-refractivity contribution in [2.24, 2.45) is 0 Å². The Morgan fingerprint density at radius 1 is 0.253 bits per heavy atom. The highest BCUT2D eigenvalue weighted by Crippen LogP contribution is 2.18. The van der Waals surface area contributed by atoms with Gasteiger partial charge in [-0.15, -0.1) is 0 Å². The maximum Gasteiger partial charge on any atom is 0.306 e. The summed E-state index contributed by atoms with van der Waals surface area (Å²) in [5.74, 6) is -0.883. The number of allylic oxidation sites excluding steroid dienone is 12.